The van der Waals surface area contributed by atoms with E-state index in [1.807, 2.05) is 0 Å². The highest BCUT2D eigenvalue weighted by Gasteiger charge is 2.18. The maximum atomic E-state index is 3.65. The lowest BCUT2D eigenvalue weighted by molar-refractivity contribution is 0.292. The highest BCUT2D eigenvalue weighted by molar-refractivity contribution is 7.99. The highest BCUT2D eigenvalue weighted by atomic mass is 32.2. The van der Waals surface area contributed by atoms with Gasteiger partial charge in [0.25, 0.3) is 0 Å². The SMILES string of the molecule is C1CC(CNCC2CCSCC2)C1. The third-order valence-corrected chi connectivity index (χ3v) is 4.48. The van der Waals surface area contributed by atoms with Crippen LogP contribution in [0.4, 0.5) is 0 Å². The Morgan fingerprint density at radius 1 is 0.923 bits per heavy atom. The lowest BCUT2D eigenvalue weighted by atomic mass is 9.85. The first kappa shape index (κ1) is 9.85. The van der Waals surface area contributed by atoms with Gasteiger partial charge in [0, 0.05) is 0 Å². The number of hydrogen-bond donors (Lipinski definition) is 1. The van der Waals surface area contributed by atoms with Crippen molar-refractivity contribution < 1.29 is 0 Å². The Morgan fingerprint density at radius 3 is 2.08 bits per heavy atom. The summed E-state index contributed by atoms with van der Waals surface area (Å²) in [5.74, 6) is 4.81. The molecule has 1 aliphatic carbocycles. The Kier molecular flexibility index (Phi) is 3.98. The van der Waals surface area contributed by atoms with Crippen molar-refractivity contribution in [2.24, 2.45) is 11.8 Å². The minimum atomic E-state index is 0.987. The van der Waals surface area contributed by atoms with Gasteiger partial charge in [0.1, 0.15) is 0 Å². The topological polar surface area (TPSA) is 12.0 Å². The molecule has 2 fully saturated rings. The molecule has 13 heavy (non-hydrogen) atoms. The highest BCUT2D eigenvalue weighted by Crippen LogP contribution is 2.26. The Hall–Kier alpha value is 0.310. The maximum Gasteiger partial charge on any atom is -0.00198 e. The zero-order chi connectivity index (χ0) is 8.93. The van der Waals surface area contributed by atoms with Crippen molar-refractivity contribution in [1.82, 2.24) is 5.32 Å². The van der Waals surface area contributed by atoms with E-state index in [0.29, 0.717) is 0 Å². The van der Waals surface area contributed by atoms with Crippen LogP contribution in [0.3, 0.4) is 0 Å². The predicted molar refractivity (Wildman–Crippen MR) is 60.3 cm³/mol. The smallest absolute Gasteiger partial charge is 0.00198 e. The number of thioether (sulfide) groups is 1. The molecule has 2 rings (SSSR count). The van der Waals surface area contributed by atoms with Crippen LogP contribution in [0.1, 0.15) is 32.1 Å². The second kappa shape index (κ2) is 5.26. The van der Waals surface area contributed by atoms with Crippen LogP contribution in [0.15, 0.2) is 0 Å². The maximum absolute atomic E-state index is 3.65. The van der Waals surface area contributed by atoms with Gasteiger partial charge in [0.2, 0.25) is 0 Å². The Bertz CT molecular complexity index is 139. The van der Waals surface area contributed by atoms with Crippen molar-refractivity contribution in [2.75, 3.05) is 24.6 Å². The van der Waals surface area contributed by atoms with E-state index in [1.165, 1.54) is 56.7 Å². The minimum absolute atomic E-state index is 0.987. The van der Waals surface area contributed by atoms with Crippen molar-refractivity contribution in [3.8, 4) is 0 Å². The van der Waals surface area contributed by atoms with Crippen LogP contribution in [0.5, 0.6) is 0 Å². The largest absolute Gasteiger partial charge is 0.316 e. The standard InChI is InChI=1S/C11H21NS/c1-2-10(3-1)8-12-9-11-4-6-13-7-5-11/h10-12H,1-9H2. The fourth-order valence-corrected chi connectivity index (χ4v) is 3.34. The fraction of sp³-hybridized carbons (Fsp3) is 1.00. The average molecular weight is 199 g/mol. The van der Waals surface area contributed by atoms with Gasteiger partial charge in [-0.05, 0) is 62.1 Å². The van der Waals surface area contributed by atoms with Gasteiger partial charge in [0.05, 0.1) is 0 Å². The van der Waals surface area contributed by atoms with E-state index in [0.717, 1.165) is 11.8 Å². The molecule has 0 aromatic carbocycles. The fourth-order valence-electron chi connectivity index (χ4n) is 2.14. The molecule has 2 heteroatoms. The monoisotopic (exact) mass is 199 g/mol. The van der Waals surface area contributed by atoms with E-state index in [9.17, 15) is 0 Å². The molecule has 2 aliphatic rings. The summed E-state index contributed by atoms with van der Waals surface area (Å²) in [5, 5.41) is 3.65. The molecule has 0 spiro atoms. The van der Waals surface area contributed by atoms with Crippen molar-refractivity contribution in [3.05, 3.63) is 0 Å². The van der Waals surface area contributed by atoms with Gasteiger partial charge >= 0.3 is 0 Å². The van der Waals surface area contributed by atoms with Crippen molar-refractivity contribution in [1.29, 1.82) is 0 Å². The van der Waals surface area contributed by atoms with Gasteiger partial charge in [-0.15, -0.1) is 0 Å². The first-order chi connectivity index (χ1) is 6.45. The predicted octanol–water partition coefficient (Wildman–Crippen LogP) is 2.52. The van der Waals surface area contributed by atoms with E-state index in [1.54, 1.807) is 0 Å². The normalized spacial score (nSPS) is 25.8. The minimum Gasteiger partial charge on any atom is -0.316 e. The van der Waals surface area contributed by atoms with E-state index >= 15 is 0 Å². The lowest BCUT2D eigenvalue weighted by Crippen LogP contribution is -2.32. The van der Waals surface area contributed by atoms with Gasteiger partial charge in [-0.25, -0.2) is 0 Å². The molecular formula is C11H21NS. The van der Waals surface area contributed by atoms with Gasteiger partial charge in [-0.3, -0.25) is 0 Å². The van der Waals surface area contributed by atoms with Crippen LogP contribution in [0, 0.1) is 11.8 Å². The Labute approximate surface area is 86.0 Å². The van der Waals surface area contributed by atoms with E-state index < -0.39 is 0 Å². The summed E-state index contributed by atoms with van der Waals surface area (Å²) < 4.78 is 0. The summed E-state index contributed by atoms with van der Waals surface area (Å²) in [6, 6.07) is 0. The van der Waals surface area contributed by atoms with E-state index in [4.69, 9.17) is 0 Å². The zero-order valence-corrected chi connectivity index (χ0v) is 9.24. The lowest BCUT2D eigenvalue weighted by Gasteiger charge is -2.27. The summed E-state index contributed by atoms with van der Waals surface area (Å²) in [5.41, 5.74) is 0. The Morgan fingerprint density at radius 2 is 1.54 bits per heavy atom. The van der Waals surface area contributed by atoms with Crippen LogP contribution in [0.2, 0.25) is 0 Å². The van der Waals surface area contributed by atoms with E-state index in [2.05, 4.69) is 17.1 Å². The van der Waals surface area contributed by atoms with Crippen LogP contribution in [-0.2, 0) is 0 Å². The Balaban J connectivity index is 1.50. The molecule has 1 aliphatic heterocycles. The van der Waals surface area contributed by atoms with Crippen molar-refractivity contribution >= 4 is 11.8 Å². The van der Waals surface area contributed by atoms with Gasteiger partial charge in [-0.2, -0.15) is 11.8 Å². The molecule has 0 aromatic rings. The van der Waals surface area contributed by atoms with Crippen molar-refractivity contribution in [3.63, 3.8) is 0 Å². The molecule has 1 N–H and O–H groups in total. The van der Waals surface area contributed by atoms with Crippen LogP contribution in [0.25, 0.3) is 0 Å². The molecule has 0 amide bonds. The van der Waals surface area contributed by atoms with Crippen LogP contribution in [-0.4, -0.2) is 24.6 Å². The molecule has 0 bridgehead atoms. The molecule has 0 unspecified atom stereocenters. The zero-order valence-electron chi connectivity index (χ0n) is 8.43. The quantitative estimate of drug-likeness (QED) is 0.746. The molecule has 1 saturated carbocycles. The first-order valence-electron chi connectivity index (χ1n) is 5.73. The molecule has 0 radical (unpaired) electrons. The number of hydrogen-bond acceptors (Lipinski definition) is 2. The number of nitrogens with one attached hydrogen (secondary N) is 1. The summed E-state index contributed by atoms with van der Waals surface area (Å²) in [4.78, 5) is 0. The molecule has 1 heterocycles. The average Bonchev–Trinajstić information content (AvgIpc) is 2.11. The molecule has 0 atom stereocenters. The molecule has 1 nitrogen and oxygen atoms in total. The van der Waals surface area contributed by atoms with E-state index in [-0.39, 0.29) is 0 Å². The second-order valence-corrected chi connectivity index (χ2v) is 5.74. The number of rotatable bonds is 4. The molecule has 1 saturated heterocycles. The van der Waals surface area contributed by atoms with Crippen molar-refractivity contribution in [2.45, 2.75) is 32.1 Å². The third-order valence-electron chi connectivity index (χ3n) is 3.43. The summed E-state index contributed by atoms with van der Waals surface area (Å²) >= 11 is 2.13. The van der Waals surface area contributed by atoms with Gasteiger partial charge in [0.15, 0.2) is 0 Å². The molecule has 76 valence electrons. The summed E-state index contributed by atoms with van der Waals surface area (Å²) in [7, 11) is 0. The second-order valence-electron chi connectivity index (χ2n) is 4.51. The van der Waals surface area contributed by atoms with Gasteiger partial charge in [-0.1, -0.05) is 6.42 Å². The summed E-state index contributed by atoms with van der Waals surface area (Å²) in [6.07, 6.45) is 7.33. The summed E-state index contributed by atoms with van der Waals surface area (Å²) in [6.45, 7) is 2.58. The van der Waals surface area contributed by atoms with Crippen LogP contribution >= 0.6 is 11.8 Å². The third kappa shape index (κ3) is 3.17. The van der Waals surface area contributed by atoms with Gasteiger partial charge < -0.3 is 5.32 Å². The first-order valence-corrected chi connectivity index (χ1v) is 6.89. The van der Waals surface area contributed by atoms with Crippen LogP contribution < -0.4 is 5.32 Å². The molecule has 0 aromatic heterocycles. The molecular weight excluding hydrogens is 178 g/mol.